The topological polar surface area (TPSA) is 40.5 Å². The fourth-order valence-electron chi connectivity index (χ4n) is 8.10. The van der Waals surface area contributed by atoms with Gasteiger partial charge in [0.25, 0.3) is 0 Å². The average Bonchev–Trinajstić information content (AvgIpc) is 2.78. The Kier molecular flexibility index (Phi) is 3.71. The number of rotatable bonds is 1. The van der Waals surface area contributed by atoms with Gasteiger partial charge in [0, 0.05) is 5.41 Å². The van der Waals surface area contributed by atoms with E-state index in [9.17, 15) is 10.2 Å². The van der Waals surface area contributed by atoms with Gasteiger partial charge in [0.15, 0.2) is 0 Å². The normalized spacial score (nSPS) is 59.1. The molecule has 2 heteroatoms. The van der Waals surface area contributed by atoms with Crippen LogP contribution < -0.4 is 0 Å². The average molecular weight is 321 g/mol. The van der Waals surface area contributed by atoms with Gasteiger partial charge in [-0.05, 0) is 80.5 Å². The van der Waals surface area contributed by atoms with Crippen LogP contribution in [0.5, 0.6) is 0 Å². The zero-order chi connectivity index (χ0) is 16.5. The van der Waals surface area contributed by atoms with E-state index in [1.54, 1.807) is 0 Å². The molecule has 23 heavy (non-hydrogen) atoms. The van der Waals surface area contributed by atoms with Crippen LogP contribution in [0.3, 0.4) is 0 Å². The Morgan fingerprint density at radius 1 is 1.00 bits per heavy atom. The third-order valence-corrected chi connectivity index (χ3v) is 9.42. The zero-order valence-electron chi connectivity index (χ0n) is 15.4. The molecule has 4 rings (SSSR count). The predicted molar refractivity (Wildman–Crippen MR) is 93.0 cm³/mol. The van der Waals surface area contributed by atoms with Crippen molar-refractivity contribution in [2.24, 2.45) is 34.5 Å². The molecule has 4 aliphatic rings. The molecule has 4 fully saturated rings. The fraction of sp³-hybridized carbons (Fsp3) is 1.00. The lowest BCUT2D eigenvalue weighted by atomic mass is 9.43. The van der Waals surface area contributed by atoms with Crippen LogP contribution in [-0.4, -0.2) is 21.9 Å². The van der Waals surface area contributed by atoms with Crippen molar-refractivity contribution in [3.63, 3.8) is 0 Å². The van der Waals surface area contributed by atoms with E-state index in [1.807, 2.05) is 0 Å². The third-order valence-electron chi connectivity index (χ3n) is 9.42. The molecule has 0 bridgehead atoms. The van der Waals surface area contributed by atoms with Crippen LogP contribution in [0, 0.1) is 34.5 Å². The second-order valence-electron chi connectivity index (χ2n) is 9.93. The highest BCUT2D eigenvalue weighted by molar-refractivity contribution is 5.15. The second kappa shape index (κ2) is 5.21. The molecule has 8 atom stereocenters. The third kappa shape index (κ3) is 2.00. The van der Waals surface area contributed by atoms with Crippen LogP contribution in [0.25, 0.3) is 0 Å². The summed E-state index contributed by atoms with van der Waals surface area (Å²) < 4.78 is 0. The van der Waals surface area contributed by atoms with E-state index in [0.717, 1.165) is 25.2 Å². The first-order valence-electron chi connectivity index (χ1n) is 10.3. The van der Waals surface area contributed by atoms with Gasteiger partial charge in [0.1, 0.15) is 0 Å². The van der Waals surface area contributed by atoms with E-state index in [2.05, 4.69) is 20.8 Å². The Bertz CT molecular complexity index is 476. The van der Waals surface area contributed by atoms with Crippen LogP contribution in [0.1, 0.15) is 85.0 Å². The summed E-state index contributed by atoms with van der Waals surface area (Å²) in [7, 11) is 0. The minimum Gasteiger partial charge on any atom is -0.393 e. The van der Waals surface area contributed by atoms with Gasteiger partial charge in [-0.2, -0.15) is 0 Å². The number of hydrogen-bond donors (Lipinski definition) is 2. The van der Waals surface area contributed by atoms with E-state index in [0.29, 0.717) is 23.2 Å². The molecule has 2 N–H and O–H groups in total. The van der Waals surface area contributed by atoms with Crippen molar-refractivity contribution in [3.05, 3.63) is 0 Å². The van der Waals surface area contributed by atoms with E-state index in [4.69, 9.17) is 0 Å². The summed E-state index contributed by atoms with van der Waals surface area (Å²) in [6, 6.07) is 0. The van der Waals surface area contributed by atoms with Crippen LogP contribution in [-0.2, 0) is 0 Å². The Morgan fingerprint density at radius 3 is 2.52 bits per heavy atom. The van der Waals surface area contributed by atoms with Crippen molar-refractivity contribution in [1.82, 2.24) is 0 Å². The molecule has 4 saturated carbocycles. The van der Waals surface area contributed by atoms with Crippen molar-refractivity contribution < 1.29 is 10.2 Å². The summed E-state index contributed by atoms with van der Waals surface area (Å²) in [5.74, 6) is 2.59. The maximum atomic E-state index is 11.2. The lowest BCUT2D eigenvalue weighted by Crippen LogP contribution is -2.60. The molecule has 2 unspecified atom stereocenters. The lowest BCUT2D eigenvalue weighted by molar-refractivity contribution is -0.196. The van der Waals surface area contributed by atoms with Crippen molar-refractivity contribution in [2.45, 2.75) is 96.7 Å². The Labute approximate surface area is 142 Å². The van der Waals surface area contributed by atoms with E-state index < -0.39 is 5.60 Å². The predicted octanol–water partition coefficient (Wildman–Crippen LogP) is 4.53. The highest BCUT2D eigenvalue weighted by atomic mass is 16.3. The summed E-state index contributed by atoms with van der Waals surface area (Å²) in [6.07, 6.45) is 11.7. The molecule has 0 radical (unpaired) electrons. The maximum Gasteiger partial charge on any atom is 0.0702 e. The molecule has 0 heterocycles. The van der Waals surface area contributed by atoms with Gasteiger partial charge < -0.3 is 10.2 Å². The highest BCUT2D eigenvalue weighted by Crippen LogP contribution is 2.68. The van der Waals surface area contributed by atoms with Crippen molar-refractivity contribution >= 4 is 0 Å². The van der Waals surface area contributed by atoms with Crippen LogP contribution >= 0.6 is 0 Å². The molecule has 2 nitrogen and oxygen atoms in total. The summed E-state index contributed by atoms with van der Waals surface area (Å²) in [5, 5.41) is 22.5. The van der Waals surface area contributed by atoms with Crippen LogP contribution in [0.15, 0.2) is 0 Å². The molecular weight excluding hydrogens is 284 g/mol. The monoisotopic (exact) mass is 320 g/mol. The molecule has 0 aromatic heterocycles. The minimum atomic E-state index is -0.548. The Balaban J connectivity index is 1.70. The first-order chi connectivity index (χ1) is 10.9. The lowest BCUT2D eigenvalue weighted by Gasteiger charge is -2.62. The molecule has 0 aliphatic heterocycles. The molecule has 0 aromatic rings. The quantitative estimate of drug-likeness (QED) is 0.745. The minimum absolute atomic E-state index is 0.0692. The second-order valence-corrected chi connectivity index (χ2v) is 9.93. The van der Waals surface area contributed by atoms with Crippen LogP contribution in [0.2, 0.25) is 0 Å². The smallest absolute Gasteiger partial charge is 0.0702 e. The summed E-state index contributed by atoms with van der Waals surface area (Å²) in [5.41, 5.74) is -0.261. The molecule has 0 spiro atoms. The summed E-state index contributed by atoms with van der Waals surface area (Å²) in [4.78, 5) is 0. The molecule has 132 valence electrons. The molecule has 0 saturated heterocycles. The van der Waals surface area contributed by atoms with E-state index >= 15 is 0 Å². The van der Waals surface area contributed by atoms with Gasteiger partial charge in [-0.15, -0.1) is 0 Å². The standard InChI is InChI=1S/C21H36O2/c1-4-21(23)12-10-16-15-9-8-14-7-5-6-11-19(14,2)18(15)17(22)13-20(16,21)3/h14-18,22-23H,4-13H2,1-3H3/t14?,15-,16-,17?,18+,19-,20-,21+/m0/s1. The number of hydrogen-bond acceptors (Lipinski definition) is 2. The van der Waals surface area contributed by atoms with Gasteiger partial charge in [-0.3, -0.25) is 0 Å². The first kappa shape index (κ1) is 16.4. The SMILES string of the molecule is CC[C@@]1(O)CC[C@H]2[C@@H]3CCC4CCCC[C@]4(C)[C@H]3C(O)C[C@@]21C. The van der Waals surface area contributed by atoms with Crippen molar-refractivity contribution in [2.75, 3.05) is 0 Å². The van der Waals surface area contributed by atoms with Gasteiger partial charge in [0.2, 0.25) is 0 Å². The van der Waals surface area contributed by atoms with Crippen LogP contribution in [0.4, 0.5) is 0 Å². The largest absolute Gasteiger partial charge is 0.393 e. The Morgan fingerprint density at radius 2 is 1.78 bits per heavy atom. The zero-order valence-corrected chi connectivity index (χ0v) is 15.4. The fourth-order valence-corrected chi connectivity index (χ4v) is 8.10. The first-order valence-corrected chi connectivity index (χ1v) is 10.3. The molecule has 0 aromatic carbocycles. The Hall–Kier alpha value is -0.0800. The molecular formula is C21H36O2. The molecule has 0 amide bonds. The number of fused-ring (bicyclic) bond motifs is 5. The number of aliphatic hydroxyl groups is 2. The van der Waals surface area contributed by atoms with Gasteiger partial charge in [-0.25, -0.2) is 0 Å². The van der Waals surface area contributed by atoms with Crippen molar-refractivity contribution in [1.29, 1.82) is 0 Å². The van der Waals surface area contributed by atoms with Gasteiger partial charge in [0.05, 0.1) is 11.7 Å². The van der Waals surface area contributed by atoms with Gasteiger partial charge in [-0.1, -0.05) is 33.6 Å². The number of aliphatic hydroxyl groups excluding tert-OH is 1. The maximum absolute atomic E-state index is 11.2. The highest BCUT2D eigenvalue weighted by Gasteiger charge is 2.66. The molecule has 4 aliphatic carbocycles. The summed E-state index contributed by atoms with van der Waals surface area (Å²) in [6.45, 7) is 6.93. The van der Waals surface area contributed by atoms with E-state index in [-0.39, 0.29) is 11.5 Å². The van der Waals surface area contributed by atoms with E-state index in [1.165, 1.54) is 44.9 Å². The van der Waals surface area contributed by atoms with Crippen molar-refractivity contribution in [3.8, 4) is 0 Å². The van der Waals surface area contributed by atoms with Gasteiger partial charge >= 0.3 is 0 Å². The summed E-state index contributed by atoms with van der Waals surface area (Å²) >= 11 is 0.